The molecule has 0 aliphatic heterocycles. The van der Waals surface area contributed by atoms with Crippen LogP contribution in [0.4, 0.5) is 11.4 Å². The highest BCUT2D eigenvalue weighted by Crippen LogP contribution is 2.11. The van der Waals surface area contributed by atoms with E-state index in [0.717, 1.165) is 5.69 Å². The van der Waals surface area contributed by atoms with Gasteiger partial charge in [-0.2, -0.15) is 0 Å². The Balaban J connectivity index is 2.17. The molecule has 2 aromatic rings. The predicted molar refractivity (Wildman–Crippen MR) is 75.0 cm³/mol. The number of para-hydroxylation sites is 1. The fraction of sp³-hybridized carbons (Fsp3) is 0.143. The Bertz CT molecular complexity index is 635. The molecule has 2 rings (SSSR count). The summed E-state index contributed by atoms with van der Waals surface area (Å²) in [4.78, 5) is 25.2. The number of carbonyl (C=O) groups is 1. The SMILES string of the molecule is CN(C(=O)Cn1cc(N)ccc1=O)c1ccccc1. The lowest BCUT2D eigenvalue weighted by atomic mass is 10.3. The zero-order valence-electron chi connectivity index (χ0n) is 10.6. The van der Waals surface area contributed by atoms with Gasteiger partial charge in [-0.3, -0.25) is 9.59 Å². The van der Waals surface area contributed by atoms with Crippen LogP contribution in [-0.4, -0.2) is 17.5 Å². The summed E-state index contributed by atoms with van der Waals surface area (Å²) in [6, 6.07) is 12.1. The van der Waals surface area contributed by atoms with Crippen LogP contribution >= 0.6 is 0 Å². The fourth-order valence-corrected chi connectivity index (χ4v) is 1.72. The third kappa shape index (κ3) is 3.01. The van der Waals surface area contributed by atoms with Crippen molar-refractivity contribution in [2.24, 2.45) is 0 Å². The molecule has 0 fully saturated rings. The summed E-state index contributed by atoms with van der Waals surface area (Å²) >= 11 is 0. The molecular weight excluding hydrogens is 242 g/mol. The average Bonchev–Trinajstić information content (AvgIpc) is 2.43. The Morgan fingerprint density at radius 2 is 1.89 bits per heavy atom. The molecule has 0 unspecified atom stereocenters. The highest BCUT2D eigenvalue weighted by Gasteiger charge is 2.11. The topological polar surface area (TPSA) is 68.3 Å². The predicted octanol–water partition coefficient (Wildman–Crippen LogP) is 1.09. The van der Waals surface area contributed by atoms with E-state index in [9.17, 15) is 9.59 Å². The van der Waals surface area contributed by atoms with E-state index in [0.29, 0.717) is 5.69 Å². The van der Waals surface area contributed by atoms with Crippen LogP contribution in [0.15, 0.2) is 53.5 Å². The molecule has 5 nitrogen and oxygen atoms in total. The first-order valence-corrected chi connectivity index (χ1v) is 5.85. The lowest BCUT2D eigenvalue weighted by Gasteiger charge is -2.17. The van der Waals surface area contributed by atoms with E-state index in [1.165, 1.54) is 27.8 Å². The molecule has 1 aromatic heterocycles. The molecular formula is C14H15N3O2. The maximum absolute atomic E-state index is 12.1. The number of nitrogens with zero attached hydrogens (tertiary/aromatic N) is 2. The van der Waals surface area contributed by atoms with Gasteiger partial charge in [0, 0.05) is 30.7 Å². The quantitative estimate of drug-likeness (QED) is 0.895. The minimum Gasteiger partial charge on any atom is -0.398 e. The fourth-order valence-electron chi connectivity index (χ4n) is 1.72. The monoisotopic (exact) mass is 257 g/mol. The van der Waals surface area contributed by atoms with E-state index < -0.39 is 0 Å². The van der Waals surface area contributed by atoms with E-state index in [1.54, 1.807) is 7.05 Å². The van der Waals surface area contributed by atoms with Crippen molar-refractivity contribution >= 4 is 17.3 Å². The molecule has 0 radical (unpaired) electrons. The van der Waals surface area contributed by atoms with Gasteiger partial charge < -0.3 is 15.2 Å². The Morgan fingerprint density at radius 3 is 2.58 bits per heavy atom. The summed E-state index contributed by atoms with van der Waals surface area (Å²) < 4.78 is 1.30. The van der Waals surface area contributed by atoms with Gasteiger partial charge in [0.2, 0.25) is 5.91 Å². The summed E-state index contributed by atoms with van der Waals surface area (Å²) in [5, 5.41) is 0. The number of likely N-dealkylation sites (N-methyl/N-ethyl adjacent to an activating group) is 1. The summed E-state index contributed by atoms with van der Waals surface area (Å²) in [5.41, 5.74) is 6.59. The van der Waals surface area contributed by atoms with Gasteiger partial charge in [0.25, 0.3) is 5.56 Å². The van der Waals surface area contributed by atoms with Crippen LogP contribution in [-0.2, 0) is 11.3 Å². The summed E-state index contributed by atoms with van der Waals surface area (Å²) in [6.45, 7) is -0.0325. The molecule has 98 valence electrons. The van der Waals surface area contributed by atoms with Crippen LogP contribution in [0.1, 0.15) is 0 Å². The highest BCUT2D eigenvalue weighted by molar-refractivity contribution is 5.92. The van der Waals surface area contributed by atoms with Crippen molar-refractivity contribution in [2.75, 3.05) is 17.7 Å². The van der Waals surface area contributed by atoms with Gasteiger partial charge in [-0.1, -0.05) is 18.2 Å². The van der Waals surface area contributed by atoms with Gasteiger partial charge in [0.1, 0.15) is 6.54 Å². The number of benzene rings is 1. The molecule has 0 saturated carbocycles. The van der Waals surface area contributed by atoms with Crippen LogP contribution in [0.2, 0.25) is 0 Å². The minimum absolute atomic E-state index is 0.0325. The van der Waals surface area contributed by atoms with E-state index in [4.69, 9.17) is 5.73 Å². The van der Waals surface area contributed by atoms with Crippen LogP contribution in [0.25, 0.3) is 0 Å². The molecule has 0 bridgehead atoms. The molecule has 5 heteroatoms. The van der Waals surface area contributed by atoms with Crippen LogP contribution < -0.4 is 16.2 Å². The van der Waals surface area contributed by atoms with Crippen molar-refractivity contribution < 1.29 is 4.79 Å². The second-order valence-electron chi connectivity index (χ2n) is 4.22. The smallest absolute Gasteiger partial charge is 0.251 e. The largest absolute Gasteiger partial charge is 0.398 e. The number of nitrogens with two attached hydrogens (primary N) is 1. The van der Waals surface area contributed by atoms with E-state index in [2.05, 4.69) is 0 Å². The van der Waals surface area contributed by atoms with Crippen molar-refractivity contribution in [3.05, 3.63) is 59.0 Å². The van der Waals surface area contributed by atoms with Crippen LogP contribution in [0, 0.1) is 0 Å². The van der Waals surface area contributed by atoms with Gasteiger partial charge in [-0.15, -0.1) is 0 Å². The summed E-state index contributed by atoms with van der Waals surface area (Å²) in [5.74, 6) is -0.182. The second-order valence-corrected chi connectivity index (χ2v) is 4.22. The minimum atomic E-state index is -0.246. The third-order valence-corrected chi connectivity index (χ3v) is 2.83. The zero-order chi connectivity index (χ0) is 13.8. The number of aromatic nitrogens is 1. The molecule has 1 amide bonds. The van der Waals surface area contributed by atoms with Crippen molar-refractivity contribution in [3.8, 4) is 0 Å². The molecule has 0 saturated heterocycles. The van der Waals surface area contributed by atoms with E-state index >= 15 is 0 Å². The Labute approximate surface area is 110 Å². The molecule has 19 heavy (non-hydrogen) atoms. The first-order chi connectivity index (χ1) is 9.08. The standard InChI is InChI=1S/C14H15N3O2/c1-16(12-5-3-2-4-6-12)14(19)10-17-9-11(15)7-8-13(17)18/h2-9H,10,15H2,1H3. The number of hydrogen-bond acceptors (Lipinski definition) is 3. The molecule has 0 spiro atoms. The number of rotatable bonds is 3. The average molecular weight is 257 g/mol. The maximum Gasteiger partial charge on any atom is 0.251 e. The highest BCUT2D eigenvalue weighted by atomic mass is 16.2. The van der Waals surface area contributed by atoms with Crippen molar-refractivity contribution in [1.82, 2.24) is 4.57 Å². The van der Waals surface area contributed by atoms with Gasteiger partial charge >= 0.3 is 0 Å². The molecule has 1 aromatic carbocycles. The summed E-state index contributed by atoms with van der Waals surface area (Å²) in [6.07, 6.45) is 1.47. The Hall–Kier alpha value is -2.56. The zero-order valence-corrected chi connectivity index (χ0v) is 10.6. The Morgan fingerprint density at radius 1 is 1.21 bits per heavy atom. The lowest BCUT2D eigenvalue weighted by molar-refractivity contribution is -0.118. The molecule has 0 aliphatic carbocycles. The molecule has 1 heterocycles. The number of hydrogen-bond donors (Lipinski definition) is 1. The first-order valence-electron chi connectivity index (χ1n) is 5.85. The van der Waals surface area contributed by atoms with Crippen LogP contribution in [0.3, 0.4) is 0 Å². The normalized spacial score (nSPS) is 10.2. The lowest BCUT2D eigenvalue weighted by Crippen LogP contribution is -2.33. The number of anilines is 2. The maximum atomic E-state index is 12.1. The van der Waals surface area contributed by atoms with Crippen LogP contribution in [0.5, 0.6) is 0 Å². The van der Waals surface area contributed by atoms with Crippen molar-refractivity contribution in [2.45, 2.75) is 6.54 Å². The van der Waals surface area contributed by atoms with Gasteiger partial charge in [0.05, 0.1) is 0 Å². The third-order valence-electron chi connectivity index (χ3n) is 2.83. The van der Waals surface area contributed by atoms with E-state index in [1.807, 2.05) is 30.3 Å². The summed E-state index contributed by atoms with van der Waals surface area (Å²) in [7, 11) is 1.68. The number of amides is 1. The number of pyridine rings is 1. The number of carbonyl (C=O) groups excluding carboxylic acids is 1. The molecule has 2 N–H and O–H groups in total. The van der Waals surface area contributed by atoms with Gasteiger partial charge in [0.15, 0.2) is 0 Å². The van der Waals surface area contributed by atoms with Crippen molar-refractivity contribution in [3.63, 3.8) is 0 Å². The van der Waals surface area contributed by atoms with Crippen molar-refractivity contribution in [1.29, 1.82) is 0 Å². The van der Waals surface area contributed by atoms with Gasteiger partial charge in [-0.25, -0.2) is 0 Å². The second kappa shape index (κ2) is 5.39. The first kappa shape index (κ1) is 12.9. The van der Waals surface area contributed by atoms with Gasteiger partial charge in [-0.05, 0) is 18.2 Å². The van der Waals surface area contributed by atoms with E-state index in [-0.39, 0.29) is 18.0 Å². The number of nitrogen functional groups attached to an aromatic ring is 1. The molecule has 0 atom stereocenters. The molecule has 0 aliphatic rings. The Kier molecular flexibility index (Phi) is 3.66.